The minimum Gasteiger partial charge on any atom is -0.513 e. The van der Waals surface area contributed by atoms with Crippen molar-refractivity contribution in [2.75, 3.05) is 13.2 Å². The van der Waals surface area contributed by atoms with Crippen molar-refractivity contribution in [3.05, 3.63) is 41.9 Å². The van der Waals surface area contributed by atoms with E-state index in [2.05, 4.69) is 17.6 Å². The predicted octanol–water partition coefficient (Wildman–Crippen LogP) is 3.13. The molecule has 1 aromatic heterocycles. The molecule has 20 heavy (non-hydrogen) atoms. The Balaban J connectivity index is 2.12. The fourth-order valence-electron chi connectivity index (χ4n) is 2.54. The lowest BCUT2D eigenvalue weighted by Gasteiger charge is -2.27. The first kappa shape index (κ1) is 15.0. The van der Waals surface area contributed by atoms with Crippen LogP contribution in [-0.4, -0.2) is 29.4 Å². The molecule has 110 valence electrons. The van der Waals surface area contributed by atoms with E-state index in [4.69, 9.17) is 9.47 Å². The summed E-state index contributed by atoms with van der Waals surface area (Å²) in [6.07, 6.45) is 3.48. The van der Waals surface area contributed by atoms with Gasteiger partial charge in [-0.2, -0.15) is 0 Å². The zero-order valence-electron chi connectivity index (χ0n) is 12.3. The third-order valence-electron chi connectivity index (χ3n) is 3.65. The van der Waals surface area contributed by atoms with Gasteiger partial charge >= 0.3 is 0 Å². The zero-order valence-corrected chi connectivity index (χ0v) is 12.3. The Kier molecular flexibility index (Phi) is 4.78. The summed E-state index contributed by atoms with van der Waals surface area (Å²) in [7, 11) is 0. The van der Waals surface area contributed by atoms with Gasteiger partial charge in [0.2, 0.25) is 0 Å². The van der Waals surface area contributed by atoms with E-state index in [1.807, 2.05) is 26.1 Å². The van der Waals surface area contributed by atoms with Crippen LogP contribution in [0, 0.1) is 0 Å². The molecule has 2 heterocycles. The second kappa shape index (κ2) is 6.37. The van der Waals surface area contributed by atoms with Crippen LogP contribution >= 0.6 is 0 Å². The van der Waals surface area contributed by atoms with Crippen LogP contribution in [0.4, 0.5) is 0 Å². The zero-order chi connectivity index (χ0) is 14.6. The normalized spacial score (nSPS) is 22.4. The molecular weight excluding hydrogens is 254 g/mol. The Bertz CT molecular complexity index is 447. The van der Waals surface area contributed by atoms with Gasteiger partial charge in [-0.3, -0.25) is 4.98 Å². The van der Waals surface area contributed by atoms with E-state index in [0.717, 1.165) is 17.7 Å². The standard InChI is InChI=1S/C16H23NO3/c1-12(2)20-10-15-5-4-14(9-17-15)16(8-13(3)18)6-7-19-11-16/h4-5,9,12,18H,3,6-8,10-11H2,1-2H3. The van der Waals surface area contributed by atoms with Gasteiger partial charge < -0.3 is 14.6 Å². The maximum atomic E-state index is 9.55. The Labute approximate surface area is 120 Å². The van der Waals surface area contributed by atoms with Crippen molar-refractivity contribution in [3.63, 3.8) is 0 Å². The Morgan fingerprint density at radius 1 is 1.55 bits per heavy atom. The number of aliphatic hydroxyl groups is 1. The van der Waals surface area contributed by atoms with Crippen LogP contribution in [0.25, 0.3) is 0 Å². The van der Waals surface area contributed by atoms with Gasteiger partial charge in [-0.05, 0) is 31.9 Å². The molecule has 4 nitrogen and oxygen atoms in total. The van der Waals surface area contributed by atoms with Crippen LogP contribution in [0.2, 0.25) is 0 Å². The summed E-state index contributed by atoms with van der Waals surface area (Å²) in [5, 5.41) is 9.55. The summed E-state index contributed by atoms with van der Waals surface area (Å²) in [6.45, 7) is 9.47. The molecule has 0 amide bonds. The third-order valence-corrected chi connectivity index (χ3v) is 3.65. The summed E-state index contributed by atoms with van der Waals surface area (Å²) in [4.78, 5) is 4.46. The molecule has 4 heteroatoms. The minimum atomic E-state index is -0.184. The highest BCUT2D eigenvalue weighted by Crippen LogP contribution is 2.37. The van der Waals surface area contributed by atoms with E-state index in [9.17, 15) is 5.11 Å². The van der Waals surface area contributed by atoms with Crippen molar-refractivity contribution in [2.45, 2.75) is 44.8 Å². The average Bonchev–Trinajstić information content (AvgIpc) is 2.85. The van der Waals surface area contributed by atoms with Gasteiger partial charge in [-0.1, -0.05) is 12.6 Å². The Morgan fingerprint density at radius 3 is 2.85 bits per heavy atom. The van der Waals surface area contributed by atoms with Crippen LogP contribution in [0.5, 0.6) is 0 Å². The number of allylic oxidation sites excluding steroid dienone is 1. The second-order valence-corrected chi connectivity index (χ2v) is 5.72. The fourth-order valence-corrected chi connectivity index (χ4v) is 2.54. The molecule has 0 bridgehead atoms. The SMILES string of the molecule is C=C(O)CC1(c2ccc(COC(C)C)nc2)CCOC1. The smallest absolute Gasteiger partial charge is 0.0891 e. The van der Waals surface area contributed by atoms with Gasteiger partial charge in [-0.25, -0.2) is 0 Å². The van der Waals surface area contributed by atoms with E-state index >= 15 is 0 Å². The summed E-state index contributed by atoms with van der Waals surface area (Å²) >= 11 is 0. The number of aliphatic hydroxyl groups excluding tert-OH is 1. The minimum absolute atomic E-state index is 0.184. The second-order valence-electron chi connectivity index (χ2n) is 5.72. The van der Waals surface area contributed by atoms with Crippen molar-refractivity contribution in [1.82, 2.24) is 4.98 Å². The molecule has 1 aliphatic rings. The molecule has 0 aromatic carbocycles. The highest BCUT2D eigenvalue weighted by Gasteiger charge is 2.37. The molecule has 1 atom stereocenters. The van der Waals surface area contributed by atoms with E-state index in [-0.39, 0.29) is 17.3 Å². The molecule has 1 saturated heterocycles. The third kappa shape index (κ3) is 3.58. The summed E-state index contributed by atoms with van der Waals surface area (Å²) in [6, 6.07) is 4.04. The molecule has 0 radical (unpaired) electrons. The van der Waals surface area contributed by atoms with Crippen LogP contribution < -0.4 is 0 Å². The number of hydrogen-bond acceptors (Lipinski definition) is 4. The van der Waals surface area contributed by atoms with Gasteiger partial charge in [0, 0.05) is 24.6 Å². The summed E-state index contributed by atoms with van der Waals surface area (Å²) < 4.78 is 11.1. The average molecular weight is 277 g/mol. The van der Waals surface area contributed by atoms with E-state index < -0.39 is 0 Å². The van der Waals surface area contributed by atoms with Crippen LogP contribution in [-0.2, 0) is 21.5 Å². The maximum Gasteiger partial charge on any atom is 0.0891 e. The molecule has 1 fully saturated rings. The van der Waals surface area contributed by atoms with E-state index in [1.165, 1.54) is 0 Å². The molecule has 0 aliphatic carbocycles. The fraction of sp³-hybridized carbons (Fsp3) is 0.562. The van der Waals surface area contributed by atoms with Gasteiger partial charge in [0.05, 0.1) is 30.8 Å². The van der Waals surface area contributed by atoms with E-state index in [1.54, 1.807) is 0 Å². The Hall–Kier alpha value is -1.39. The van der Waals surface area contributed by atoms with Crippen LogP contribution in [0.1, 0.15) is 37.9 Å². The van der Waals surface area contributed by atoms with Gasteiger partial charge in [0.25, 0.3) is 0 Å². The quantitative estimate of drug-likeness (QED) is 0.812. The first-order valence-electron chi connectivity index (χ1n) is 7.03. The maximum absolute atomic E-state index is 9.55. The van der Waals surface area contributed by atoms with Crippen molar-refractivity contribution >= 4 is 0 Å². The lowest BCUT2D eigenvalue weighted by atomic mass is 9.77. The number of rotatable bonds is 6. The lowest BCUT2D eigenvalue weighted by molar-refractivity contribution is 0.0635. The van der Waals surface area contributed by atoms with Gasteiger partial charge in [-0.15, -0.1) is 0 Å². The summed E-state index contributed by atoms with van der Waals surface area (Å²) in [5.74, 6) is 0.197. The molecule has 1 unspecified atom stereocenters. The summed E-state index contributed by atoms with van der Waals surface area (Å²) in [5.41, 5.74) is 1.83. The van der Waals surface area contributed by atoms with Crippen molar-refractivity contribution in [1.29, 1.82) is 0 Å². The van der Waals surface area contributed by atoms with Gasteiger partial charge in [0.15, 0.2) is 0 Å². The van der Waals surface area contributed by atoms with Crippen molar-refractivity contribution < 1.29 is 14.6 Å². The molecule has 1 aliphatic heterocycles. The van der Waals surface area contributed by atoms with Crippen molar-refractivity contribution in [2.24, 2.45) is 0 Å². The first-order chi connectivity index (χ1) is 9.52. The monoisotopic (exact) mass is 277 g/mol. The molecule has 1 aromatic rings. The predicted molar refractivity (Wildman–Crippen MR) is 77.7 cm³/mol. The lowest BCUT2D eigenvalue weighted by Crippen LogP contribution is -2.27. The first-order valence-corrected chi connectivity index (χ1v) is 7.03. The number of hydrogen-bond donors (Lipinski definition) is 1. The van der Waals surface area contributed by atoms with Crippen molar-refractivity contribution in [3.8, 4) is 0 Å². The number of aromatic nitrogens is 1. The largest absolute Gasteiger partial charge is 0.513 e. The van der Waals surface area contributed by atoms with Crippen LogP contribution in [0.15, 0.2) is 30.7 Å². The molecular formula is C16H23NO3. The van der Waals surface area contributed by atoms with E-state index in [0.29, 0.717) is 26.2 Å². The highest BCUT2D eigenvalue weighted by atomic mass is 16.5. The molecule has 0 spiro atoms. The molecule has 2 rings (SSSR count). The molecule has 0 saturated carbocycles. The topological polar surface area (TPSA) is 51.6 Å². The Morgan fingerprint density at radius 2 is 2.35 bits per heavy atom. The van der Waals surface area contributed by atoms with Crippen LogP contribution in [0.3, 0.4) is 0 Å². The highest BCUT2D eigenvalue weighted by molar-refractivity contribution is 5.27. The van der Waals surface area contributed by atoms with Gasteiger partial charge in [0.1, 0.15) is 0 Å². The number of pyridine rings is 1. The molecule has 1 N–H and O–H groups in total. The number of nitrogens with zero attached hydrogens (tertiary/aromatic N) is 1. The number of ether oxygens (including phenoxy) is 2.